The van der Waals surface area contributed by atoms with Crippen LogP contribution in [-0.4, -0.2) is 363 Å². The van der Waals surface area contributed by atoms with Gasteiger partial charge >= 0.3 is 30.0 Å². The number of amides is 6. The molecule has 1 saturated carbocycles. The topological polar surface area (TPSA) is 668 Å². The van der Waals surface area contributed by atoms with Crippen molar-refractivity contribution >= 4 is 122 Å². The highest BCUT2D eigenvalue weighted by molar-refractivity contribution is 8.76. The first-order chi connectivity index (χ1) is 60.7. The number of methoxy groups -OCH3 is 1. The Kier molecular flexibility index (Phi) is 36.2. The SMILES string of the molecule is CCCC(=O)N[C@@H](CCC(=O)NC[C@H](O)[C@@H](O)[C@H](O)C(=O)O)C(=O)C[C@@H](CCC(=O)NC[C@H](O)[C@@H](O)[C@H](O)C(=O)O)C(=O)N[C@@H](CCC(=O)NC[C@H](O)[C@@H](O)[C@H](O)C(=O)O)C(=O)C[C@@H](CSSCCOC(=O)NCC(=O)[C@@]1(O)[C@H](O)[C@]2(CC)C=CCN3CC[C@@]4(c5cc([C@@]6(COC=O)C[C@H]7CCCN(CCc8c6[nH]c6ccccc86)C7)c(OC)cc5N(C)[C@@H]14)[C@@H]32)C(=O)O. The van der Waals surface area contributed by atoms with E-state index in [0.717, 1.165) is 87.4 Å². The number of fused-ring (bicyclic) bond motifs is 6. The Morgan fingerprint density at radius 2 is 1.25 bits per heavy atom. The maximum atomic E-state index is 15.5. The molecule has 22 atom stereocenters. The normalized spacial score (nSPS) is 25.1. The molecule has 5 aliphatic heterocycles. The lowest BCUT2D eigenvalue weighted by atomic mass is 9.47. The molecule has 2 aromatic carbocycles. The van der Waals surface area contributed by atoms with Crippen LogP contribution >= 0.6 is 21.6 Å². The van der Waals surface area contributed by atoms with E-state index in [1.165, 1.54) is 0 Å². The number of H-pyrrole nitrogens is 1. The summed E-state index contributed by atoms with van der Waals surface area (Å²) in [5.41, 5.74) is -0.920. The number of carboxylic acids is 4. The molecule has 6 aliphatic rings. The fourth-order valence-electron chi connectivity index (χ4n) is 19.2. The molecule has 9 rings (SSSR count). The number of carbonyl (C=O) groups is 14. The Morgan fingerprint density at radius 3 is 1.81 bits per heavy atom. The number of para-hydroxylation sites is 1. The third kappa shape index (κ3) is 23.1. The van der Waals surface area contributed by atoms with Crippen molar-refractivity contribution in [2.45, 2.75) is 218 Å². The van der Waals surface area contributed by atoms with Crippen LogP contribution in [0.2, 0.25) is 0 Å². The number of Topliss-reactive ketones (excluding diaryl/α,β-unsaturated/α-hetero) is 3. The van der Waals surface area contributed by atoms with E-state index >= 15 is 4.79 Å². The summed E-state index contributed by atoms with van der Waals surface area (Å²) in [7, 11) is 5.18. The maximum Gasteiger partial charge on any atom is 0.407 e. The average Bonchev–Trinajstić information content (AvgIpc) is 1.47. The zero-order valence-corrected chi connectivity index (χ0v) is 73.0. The van der Waals surface area contributed by atoms with Crippen LogP contribution in [0.25, 0.3) is 10.9 Å². The second-order valence-electron chi connectivity index (χ2n) is 33.7. The van der Waals surface area contributed by atoms with Crippen LogP contribution in [0.5, 0.6) is 5.75 Å². The molecule has 3 fully saturated rings. The van der Waals surface area contributed by atoms with E-state index < -0.39 is 273 Å². The number of benzene rings is 2. The van der Waals surface area contributed by atoms with Gasteiger partial charge < -0.3 is 137 Å². The van der Waals surface area contributed by atoms with Gasteiger partial charge in [0.05, 0.1) is 43.1 Å². The largest absolute Gasteiger partial charge is 0.496 e. The van der Waals surface area contributed by atoms with Crippen molar-refractivity contribution in [2.75, 3.05) is 103 Å². The number of nitrogens with zero attached hydrogens (tertiary/aromatic N) is 3. The van der Waals surface area contributed by atoms with E-state index in [0.29, 0.717) is 50.3 Å². The number of likely N-dealkylation sites (N-methyl/N-ethyl adjacent to an activating group) is 1. The Labute approximate surface area is 743 Å². The molecule has 2 saturated heterocycles. The summed E-state index contributed by atoms with van der Waals surface area (Å²) in [5, 5.41) is 170. The van der Waals surface area contributed by atoms with Gasteiger partial charge in [0.25, 0.3) is 6.47 Å². The first-order valence-corrected chi connectivity index (χ1v) is 45.0. The van der Waals surface area contributed by atoms with E-state index in [-0.39, 0.29) is 49.9 Å². The number of aliphatic hydroxyl groups is 11. The number of ketones is 3. The number of rotatable bonds is 51. The van der Waals surface area contributed by atoms with Crippen LogP contribution in [-0.2, 0) is 89.1 Å². The van der Waals surface area contributed by atoms with Crippen molar-refractivity contribution in [1.82, 2.24) is 46.7 Å². The molecule has 22 N–H and O–H groups in total. The van der Waals surface area contributed by atoms with Gasteiger partial charge in [-0.25, -0.2) is 19.2 Å². The van der Waals surface area contributed by atoms with E-state index in [4.69, 9.17) is 29.5 Å². The van der Waals surface area contributed by atoms with Gasteiger partial charge in [-0.15, -0.1) is 0 Å². The number of aliphatic hydroxyl groups excluding tert-OH is 10. The van der Waals surface area contributed by atoms with Crippen molar-refractivity contribution in [1.29, 1.82) is 0 Å². The molecular formula is C84H118N10O32S2. The summed E-state index contributed by atoms with van der Waals surface area (Å²) in [6.07, 6.45) is -21.9. The number of piperidine rings is 1. The van der Waals surface area contributed by atoms with Gasteiger partial charge in [-0.05, 0) is 106 Å². The molecule has 1 aromatic heterocycles. The molecule has 2 bridgehead atoms. The summed E-state index contributed by atoms with van der Waals surface area (Å²) < 4.78 is 18.0. The minimum Gasteiger partial charge on any atom is -0.496 e. The number of hydrogen-bond donors (Lipinski definition) is 22. The second-order valence-corrected chi connectivity index (χ2v) is 36.3. The van der Waals surface area contributed by atoms with Crippen LogP contribution in [0.1, 0.15) is 133 Å². The molecule has 1 unspecified atom stereocenters. The molecule has 1 aliphatic carbocycles. The second kappa shape index (κ2) is 45.3. The van der Waals surface area contributed by atoms with Gasteiger partial charge in [0.15, 0.2) is 41.3 Å². The predicted molar refractivity (Wildman–Crippen MR) is 454 cm³/mol. The number of alkyl carbamates (subject to hydrolysis) is 1. The highest BCUT2D eigenvalue weighted by Gasteiger charge is 2.78. The molecule has 44 heteroatoms. The van der Waals surface area contributed by atoms with Crippen molar-refractivity contribution < 1.29 is 158 Å². The Bertz CT molecular complexity index is 4540. The van der Waals surface area contributed by atoms with Gasteiger partial charge in [0.1, 0.15) is 61.7 Å². The molecule has 0 radical (unpaired) electrons. The summed E-state index contributed by atoms with van der Waals surface area (Å²) in [6, 6.07) is 6.94. The third-order valence-electron chi connectivity index (χ3n) is 25.7. The first kappa shape index (κ1) is 102. The molecule has 6 amide bonds. The van der Waals surface area contributed by atoms with E-state index in [1.807, 2.05) is 48.2 Å². The van der Waals surface area contributed by atoms with E-state index in [9.17, 15) is 124 Å². The maximum absolute atomic E-state index is 15.5. The smallest absolute Gasteiger partial charge is 0.407 e. The lowest BCUT2D eigenvalue weighted by Gasteiger charge is -2.63. The molecular weight excluding hydrogens is 1730 g/mol. The summed E-state index contributed by atoms with van der Waals surface area (Å²) >= 11 is 0. The highest BCUT2D eigenvalue weighted by atomic mass is 33.1. The zero-order valence-electron chi connectivity index (χ0n) is 71.3. The minimum atomic E-state index is -2.61. The van der Waals surface area contributed by atoms with Crippen LogP contribution < -0.4 is 41.5 Å². The first-order valence-electron chi connectivity index (χ1n) is 42.5. The zero-order chi connectivity index (χ0) is 94.0. The van der Waals surface area contributed by atoms with Crippen molar-refractivity contribution in [2.24, 2.45) is 23.2 Å². The lowest BCUT2D eigenvalue weighted by molar-refractivity contribution is -0.201. The van der Waals surface area contributed by atoms with Crippen molar-refractivity contribution in [3.63, 3.8) is 0 Å². The summed E-state index contributed by atoms with van der Waals surface area (Å²) in [6.45, 7) is 3.65. The number of anilines is 1. The number of carboxylic acid groups (broad SMARTS) is 4. The minimum absolute atomic E-state index is 0.0562. The van der Waals surface area contributed by atoms with Gasteiger partial charge in [-0.1, -0.05) is 65.8 Å². The Balaban J connectivity index is 0.900. The van der Waals surface area contributed by atoms with Gasteiger partial charge in [0.2, 0.25) is 29.5 Å². The standard InChI is InChI=1S/C84H118N10O32S2/c1-5-11-64(105)89-51(16-19-62(103)86-36-57(99)66(107)69(110)75(117)118)54(96)30-44(15-18-61(102)85-35-56(98)65(106)68(109)74(115)116)72(112)91-52(17-20-63(104)87-37-58(100)67(108)70(111)76(119)120)55(97)31-45(73(113)114)40-128-127-29-28-126-80(122)88-38-60(101)84(123)78-83(23-27-94-25-10-22-81(6-2,77(83)94)79(84)121)48-32-49(59(124-4)33-53(48)92(78)3)82(41-125-42-95)34-43-12-9-24-93(39-43)26-21-47-46-13-7-8-14-50(46)90-71(47)82/h7-8,10,13-14,22,32-33,42-45,51-52,56-58,65-70,77-79,90,98-100,106-111,121,123H,5-6,9,11-12,15-21,23-31,34-41H2,1-4H3,(H,85,102)(H,86,103)(H,87,104)(H,88,122)(H,89,105)(H,91,112)(H,113,114)(H,115,116)(H,117,118)(H,119,120)/t43-,44-,45+,51+,52+,56+,57+,58+,65-,66-,67-,68+,69+,70+,77+,78-,79-,81-,82+,83-,84+/m1/s1. The molecule has 1 spiro atoms. The fourth-order valence-corrected chi connectivity index (χ4v) is 21.4. The predicted octanol–water partition coefficient (Wildman–Crippen LogP) is -3.63. The number of aromatic amines is 1. The van der Waals surface area contributed by atoms with Crippen LogP contribution in [0.15, 0.2) is 48.6 Å². The van der Waals surface area contributed by atoms with Crippen LogP contribution in [0.3, 0.4) is 0 Å². The van der Waals surface area contributed by atoms with Gasteiger partial charge in [0, 0.05) is 153 Å². The number of aliphatic carboxylic acids is 4. The number of carbonyl (C=O) groups excluding carboxylic acids is 10. The Morgan fingerprint density at radius 1 is 0.672 bits per heavy atom. The molecule has 128 heavy (non-hydrogen) atoms. The quantitative estimate of drug-likeness (QED) is 0.0112. The molecule has 708 valence electrons. The van der Waals surface area contributed by atoms with E-state index in [2.05, 4.69) is 58.8 Å². The van der Waals surface area contributed by atoms with Crippen molar-refractivity contribution in [3.05, 3.63) is 70.9 Å². The third-order valence-corrected chi connectivity index (χ3v) is 28.1. The monoisotopic (exact) mass is 1840 g/mol. The summed E-state index contributed by atoms with van der Waals surface area (Å²) in [5.74, 6) is -18.6. The highest BCUT2D eigenvalue weighted by Crippen LogP contribution is 2.68. The Hall–Kier alpha value is -9.52. The lowest BCUT2D eigenvalue weighted by Crippen LogP contribution is -2.81. The molecule has 6 heterocycles. The molecule has 42 nitrogen and oxygen atoms in total. The number of ether oxygens (including phenoxy) is 3. The fraction of sp³-hybridized carbons (Fsp3) is 0.643. The van der Waals surface area contributed by atoms with Gasteiger partial charge in [-0.3, -0.25) is 52.8 Å². The number of nitrogens with one attached hydrogen (secondary N) is 7. The van der Waals surface area contributed by atoms with Crippen molar-refractivity contribution in [3.8, 4) is 5.75 Å². The van der Waals surface area contributed by atoms with E-state index in [1.54, 1.807) is 21.1 Å². The summed E-state index contributed by atoms with van der Waals surface area (Å²) in [4.78, 5) is 196. The van der Waals surface area contributed by atoms with Gasteiger partial charge in [-0.2, -0.15) is 0 Å². The van der Waals surface area contributed by atoms with Crippen LogP contribution in [0, 0.1) is 23.2 Å². The average molecular weight is 1840 g/mol. The number of hydrogen-bond acceptors (Lipinski definition) is 33. The van der Waals surface area contributed by atoms with Crippen LogP contribution in [0.4, 0.5) is 10.5 Å². The number of aromatic nitrogens is 1. The molecule has 3 aromatic rings.